The Hall–Kier alpha value is -1.55. The first-order valence-corrected chi connectivity index (χ1v) is 4.82. The number of alkyl halides is 1. The zero-order valence-electron chi connectivity index (χ0n) is 7.87. The van der Waals surface area contributed by atoms with Crippen LogP contribution >= 0.6 is 11.6 Å². The summed E-state index contributed by atoms with van der Waals surface area (Å²) in [7, 11) is 0. The van der Waals surface area contributed by atoms with Crippen molar-refractivity contribution in [2.24, 2.45) is 0 Å². The molecule has 0 heterocycles. The first-order chi connectivity index (χ1) is 7.11. The molecule has 0 aliphatic rings. The lowest BCUT2D eigenvalue weighted by molar-refractivity contribution is -0.136. The van der Waals surface area contributed by atoms with Crippen LogP contribution in [-0.2, 0) is 16.0 Å². The van der Waals surface area contributed by atoms with Crippen LogP contribution in [0.1, 0.15) is 5.56 Å². The van der Waals surface area contributed by atoms with E-state index in [0.717, 1.165) is 0 Å². The molecule has 80 valence electrons. The van der Waals surface area contributed by atoms with Crippen molar-refractivity contribution in [2.45, 2.75) is 6.42 Å². The molecule has 0 fully saturated rings. The Labute approximate surface area is 91.9 Å². The second-order valence-electron chi connectivity index (χ2n) is 2.95. The van der Waals surface area contributed by atoms with Gasteiger partial charge in [-0.1, -0.05) is 12.1 Å². The van der Waals surface area contributed by atoms with E-state index in [2.05, 4.69) is 5.32 Å². The van der Waals surface area contributed by atoms with Gasteiger partial charge in [-0.2, -0.15) is 0 Å². The molecule has 1 rings (SSSR count). The van der Waals surface area contributed by atoms with Gasteiger partial charge in [-0.15, -0.1) is 11.6 Å². The molecule has 0 radical (unpaired) electrons. The van der Waals surface area contributed by atoms with Crippen molar-refractivity contribution in [3.05, 3.63) is 29.8 Å². The SMILES string of the molecule is O=C(O)Cc1ccc(NC(=O)CCl)cc1. The Kier molecular flexibility index (Phi) is 4.12. The van der Waals surface area contributed by atoms with Gasteiger partial charge in [-0.3, -0.25) is 9.59 Å². The number of amides is 1. The lowest BCUT2D eigenvalue weighted by Gasteiger charge is -2.03. The first-order valence-electron chi connectivity index (χ1n) is 4.28. The molecule has 0 aromatic heterocycles. The summed E-state index contributed by atoms with van der Waals surface area (Å²) in [5, 5.41) is 11.1. The summed E-state index contributed by atoms with van der Waals surface area (Å²) < 4.78 is 0. The van der Waals surface area contributed by atoms with Crippen molar-refractivity contribution in [3.8, 4) is 0 Å². The molecule has 5 heteroatoms. The smallest absolute Gasteiger partial charge is 0.307 e. The van der Waals surface area contributed by atoms with Crippen LogP contribution in [-0.4, -0.2) is 22.9 Å². The number of nitrogens with one attached hydrogen (secondary N) is 1. The summed E-state index contributed by atoms with van der Waals surface area (Å²) in [6.07, 6.45) is -0.0241. The van der Waals surface area contributed by atoms with E-state index in [4.69, 9.17) is 16.7 Å². The molecule has 2 N–H and O–H groups in total. The molecular weight excluding hydrogens is 218 g/mol. The van der Waals surface area contributed by atoms with Gasteiger partial charge in [0.25, 0.3) is 0 Å². The zero-order valence-corrected chi connectivity index (χ0v) is 8.62. The van der Waals surface area contributed by atoms with Crippen molar-refractivity contribution >= 4 is 29.2 Å². The minimum atomic E-state index is -0.882. The van der Waals surface area contributed by atoms with E-state index in [1.54, 1.807) is 24.3 Å². The third kappa shape index (κ3) is 3.99. The Balaban J connectivity index is 2.64. The molecule has 0 saturated heterocycles. The molecule has 0 unspecified atom stereocenters. The number of rotatable bonds is 4. The topological polar surface area (TPSA) is 66.4 Å². The van der Waals surface area contributed by atoms with Gasteiger partial charge in [-0.05, 0) is 17.7 Å². The summed E-state index contributed by atoms with van der Waals surface area (Å²) in [6, 6.07) is 6.58. The fraction of sp³-hybridized carbons (Fsp3) is 0.200. The second kappa shape index (κ2) is 5.36. The van der Waals surface area contributed by atoms with Crippen LogP contribution in [0.15, 0.2) is 24.3 Å². The van der Waals surface area contributed by atoms with Gasteiger partial charge < -0.3 is 10.4 Å². The Morgan fingerprint density at radius 3 is 2.33 bits per heavy atom. The van der Waals surface area contributed by atoms with Crippen LogP contribution in [0.25, 0.3) is 0 Å². The molecule has 1 aromatic carbocycles. The maximum Gasteiger partial charge on any atom is 0.307 e. The highest BCUT2D eigenvalue weighted by Gasteiger charge is 2.02. The van der Waals surface area contributed by atoms with Gasteiger partial charge >= 0.3 is 5.97 Å². The van der Waals surface area contributed by atoms with Crippen molar-refractivity contribution in [2.75, 3.05) is 11.2 Å². The van der Waals surface area contributed by atoms with Crippen LogP contribution in [0.2, 0.25) is 0 Å². The number of anilines is 1. The highest BCUT2D eigenvalue weighted by molar-refractivity contribution is 6.29. The maximum atomic E-state index is 10.9. The van der Waals surface area contributed by atoms with Crippen LogP contribution in [0, 0.1) is 0 Å². The Bertz CT molecular complexity index is 361. The van der Waals surface area contributed by atoms with Crippen molar-refractivity contribution < 1.29 is 14.7 Å². The van der Waals surface area contributed by atoms with Gasteiger partial charge in [0.05, 0.1) is 6.42 Å². The average Bonchev–Trinajstić information content (AvgIpc) is 2.20. The molecule has 1 amide bonds. The number of carbonyl (C=O) groups is 2. The number of hydrogen-bond donors (Lipinski definition) is 2. The third-order valence-electron chi connectivity index (χ3n) is 1.71. The quantitative estimate of drug-likeness (QED) is 0.766. The molecule has 0 aliphatic heterocycles. The molecule has 0 aliphatic carbocycles. The summed E-state index contributed by atoms with van der Waals surface area (Å²) in [6.45, 7) is 0. The second-order valence-corrected chi connectivity index (χ2v) is 3.22. The van der Waals surface area contributed by atoms with Crippen LogP contribution in [0.4, 0.5) is 5.69 Å². The highest BCUT2D eigenvalue weighted by atomic mass is 35.5. The molecular formula is C10H10ClNO3. The number of carbonyl (C=O) groups excluding carboxylic acids is 1. The van der Waals surface area contributed by atoms with E-state index in [0.29, 0.717) is 11.3 Å². The van der Waals surface area contributed by atoms with Gasteiger partial charge in [0.2, 0.25) is 5.91 Å². The van der Waals surface area contributed by atoms with E-state index < -0.39 is 5.97 Å². The van der Waals surface area contributed by atoms with Crippen LogP contribution < -0.4 is 5.32 Å². The molecule has 1 aromatic rings. The van der Waals surface area contributed by atoms with E-state index in [1.807, 2.05) is 0 Å². The number of hydrogen-bond acceptors (Lipinski definition) is 2. The van der Waals surface area contributed by atoms with Crippen molar-refractivity contribution in [1.82, 2.24) is 0 Å². The van der Waals surface area contributed by atoms with E-state index in [-0.39, 0.29) is 18.2 Å². The van der Waals surface area contributed by atoms with Gasteiger partial charge in [0.1, 0.15) is 5.88 Å². The standard InChI is InChI=1S/C10H10ClNO3/c11-6-9(13)12-8-3-1-7(2-4-8)5-10(14)15/h1-4H,5-6H2,(H,12,13)(H,14,15). The Morgan fingerprint density at radius 2 is 1.87 bits per heavy atom. The molecule has 0 bridgehead atoms. The van der Waals surface area contributed by atoms with Gasteiger partial charge in [-0.25, -0.2) is 0 Å². The fourth-order valence-electron chi connectivity index (χ4n) is 1.07. The van der Waals surface area contributed by atoms with Gasteiger partial charge in [0.15, 0.2) is 0 Å². The highest BCUT2D eigenvalue weighted by Crippen LogP contribution is 2.10. The first kappa shape index (κ1) is 11.5. The minimum absolute atomic E-state index is 0.0241. The lowest BCUT2D eigenvalue weighted by atomic mass is 10.1. The number of aliphatic carboxylic acids is 1. The lowest BCUT2D eigenvalue weighted by Crippen LogP contribution is -2.12. The fourth-order valence-corrected chi connectivity index (χ4v) is 1.14. The molecule has 15 heavy (non-hydrogen) atoms. The van der Waals surface area contributed by atoms with Crippen LogP contribution in [0.3, 0.4) is 0 Å². The van der Waals surface area contributed by atoms with E-state index >= 15 is 0 Å². The molecule has 4 nitrogen and oxygen atoms in total. The predicted molar refractivity (Wildman–Crippen MR) is 57.1 cm³/mol. The molecule has 0 atom stereocenters. The van der Waals surface area contributed by atoms with Crippen molar-refractivity contribution in [1.29, 1.82) is 0 Å². The largest absolute Gasteiger partial charge is 0.481 e. The molecule has 0 saturated carbocycles. The third-order valence-corrected chi connectivity index (χ3v) is 1.96. The van der Waals surface area contributed by atoms with E-state index in [9.17, 15) is 9.59 Å². The van der Waals surface area contributed by atoms with E-state index in [1.165, 1.54) is 0 Å². The van der Waals surface area contributed by atoms with Gasteiger partial charge in [0, 0.05) is 5.69 Å². The zero-order chi connectivity index (χ0) is 11.3. The van der Waals surface area contributed by atoms with Crippen molar-refractivity contribution in [3.63, 3.8) is 0 Å². The molecule has 0 spiro atoms. The monoisotopic (exact) mass is 227 g/mol. The Morgan fingerprint density at radius 1 is 1.27 bits per heavy atom. The summed E-state index contributed by atoms with van der Waals surface area (Å²) in [4.78, 5) is 21.3. The summed E-state index contributed by atoms with van der Waals surface area (Å²) >= 11 is 5.31. The normalized spacial score (nSPS) is 9.67. The number of carboxylic acids is 1. The maximum absolute atomic E-state index is 10.9. The van der Waals surface area contributed by atoms with Crippen LogP contribution in [0.5, 0.6) is 0 Å². The number of carboxylic acid groups (broad SMARTS) is 1. The predicted octanol–water partition coefficient (Wildman–Crippen LogP) is 1.49. The number of halogens is 1. The summed E-state index contributed by atoms with van der Waals surface area (Å²) in [5.41, 5.74) is 1.29. The average molecular weight is 228 g/mol. The number of benzene rings is 1. The minimum Gasteiger partial charge on any atom is -0.481 e. The summed E-state index contributed by atoms with van der Waals surface area (Å²) in [5.74, 6) is -1.27.